The van der Waals surface area contributed by atoms with Gasteiger partial charge in [-0.05, 0) is 45.6 Å². The fourth-order valence-corrected chi connectivity index (χ4v) is 4.99. The summed E-state index contributed by atoms with van der Waals surface area (Å²) in [7, 11) is 0. The monoisotopic (exact) mass is 400 g/mol. The molecule has 0 unspecified atom stereocenters. The molecule has 0 spiro atoms. The van der Waals surface area contributed by atoms with Crippen molar-refractivity contribution in [3.05, 3.63) is 38.3 Å². The lowest BCUT2D eigenvalue weighted by atomic mass is 10.1. The van der Waals surface area contributed by atoms with E-state index in [0.717, 1.165) is 53.1 Å². The van der Waals surface area contributed by atoms with Gasteiger partial charge in [-0.2, -0.15) is 5.10 Å². The Bertz CT molecular complexity index is 1110. The Morgan fingerprint density at radius 3 is 2.82 bits per heavy atom. The first-order valence-electron chi connectivity index (χ1n) is 9.64. The Labute approximate surface area is 166 Å². The lowest BCUT2D eigenvalue weighted by molar-refractivity contribution is 0.0956. The van der Waals surface area contributed by atoms with Gasteiger partial charge in [-0.1, -0.05) is 0 Å². The van der Waals surface area contributed by atoms with Crippen LogP contribution in [0, 0.1) is 20.8 Å². The average Bonchev–Trinajstić information content (AvgIpc) is 3.16. The van der Waals surface area contributed by atoms with E-state index >= 15 is 0 Å². The van der Waals surface area contributed by atoms with Crippen molar-refractivity contribution in [2.24, 2.45) is 0 Å². The Morgan fingerprint density at radius 1 is 1.21 bits per heavy atom. The Kier molecular flexibility index (Phi) is 5.01. The number of carbonyl (C=O) groups excluding carboxylic acids is 1. The normalized spacial score (nSPS) is 13.7. The number of carbonyl (C=O) groups is 1. The van der Waals surface area contributed by atoms with Crippen LogP contribution in [-0.4, -0.2) is 36.8 Å². The minimum atomic E-state index is -0.103. The van der Waals surface area contributed by atoms with Crippen molar-refractivity contribution in [2.45, 2.75) is 59.5 Å². The molecule has 28 heavy (non-hydrogen) atoms. The molecule has 0 aromatic carbocycles. The lowest BCUT2D eigenvalue weighted by Crippen LogP contribution is -2.29. The number of hydrogen-bond donors (Lipinski definition) is 1. The third-order valence-electron chi connectivity index (χ3n) is 5.15. The number of aryl methyl sites for hydroxylation is 5. The zero-order chi connectivity index (χ0) is 19.8. The molecule has 0 saturated carbocycles. The van der Waals surface area contributed by atoms with E-state index in [2.05, 4.69) is 20.4 Å². The van der Waals surface area contributed by atoms with Crippen LogP contribution >= 0.6 is 11.3 Å². The summed E-state index contributed by atoms with van der Waals surface area (Å²) in [4.78, 5) is 35.3. The molecule has 0 radical (unpaired) electrons. The van der Waals surface area contributed by atoms with Gasteiger partial charge in [0.25, 0.3) is 5.91 Å². The highest BCUT2D eigenvalue weighted by Crippen LogP contribution is 2.31. The number of amides is 1. The predicted molar refractivity (Wildman–Crippen MR) is 108 cm³/mol. The number of aromatic nitrogens is 5. The van der Waals surface area contributed by atoms with Crippen molar-refractivity contribution >= 4 is 27.5 Å². The van der Waals surface area contributed by atoms with Crippen molar-refractivity contribution in [1.29, 1.82) is 0 Å². The SMILES string of the molecule is Cc1nc(C)c2c(C)c(C(=O)NCCCn3nc4n(c3=O)CCCC4)sc2n1. The van der Waals surface area contributed by atoms with Gasteiger partial charge in [-0.3, -0.25) is 9.36 Å². The van der Waals surface area contributed by atoms with Gasteiger partial charge in [0, 0.05) is 37.1 Å². The van der Waals surface area contributed by atoms with Crippen molar-refractivity contribution in [3.63, 3.8) is 0 Å². The lowest BCUT2D eigenvalue weighted by Gasteiger charge is -2.09. The van der Waals surface area contributed by atoms with Gasteiger partial charge in [-0.15, -0.1) is 11.3 Å². The fourth-order valence-electron chi connectivity index (χ4n) is 3.80. The molecule has 3 aromatic rings. The average molecular weight is 401 g/mol. The van der Waals surface area contributed by atoms with Gasteiger partial charge >= 0.3 is 5.69 Å². The van der Waals surface area contributed by atoms with Crippen LogP contribution in [0.3, 0.4) is 0 Å². The van der Waals surface area contributed by atoms with Gasteiger partial charge in [0.2, 0.25) is 0 Å². The summed E-state index contributed by atoms with van der Waals surface area (Å²) in [5, 5.41) is 8.36. The molecule has 0 bridgehead atoms. The molecule has 0 fully saturated rings. The molecule has 4 heterocycles. The first-order chi connectivity index (χ1) is 13.5. The van der Waals surface area contributed by atoms with Gasteiger partial charge in [0.05, 0.1) is 4.88 Å². The summed E-state index contributed by atoms with van der Waals surface area (Å²) in [5.74, 6) is 1.49. The van der Waals surface area contributed by atoms with Crippen molar-refractivity contribution < 1.29 is 4.79 Å². The molecular weight excluding hydrogens is 376 g/mol. The second-order valence-corrected chi connectivity index (χ2v) is 8.23. The van der Waals surface area contributed by atoms with Crippen molar-refractivity contribution in [3.8, 4) is 0 Å². The number of nitrogens with one attached hydrogen (secondary N) is 1. The maximum absolute atomic E-state index is 12.6. The first-order valence-corrected chi connectivity index (χ1v) is 10.5. The summed E-state index contributed by atoms with van der Waals surface area (Å²) in [5.41, 5.74) is 1.79. The summed E-state index contributed by atoms with van der Waals surface area (Å²) in [6, 6.07) is 0. The third kappa shape index (κ3) is 3.34. The molecule has 0 atom stereocenters. The Morgan fingerprint density at radius 2 is 2.04 bits per heavy atom. The van der Waals surface area contributed by atoms with E-state index in [9.17, 15) is 9.59 Å². The van der Waals surface area contributed by atoms with Crippen LogP contribution < -0.4 is 11.0 Å². The predicted octanol–water partition coefficient (Wildman–Crippen LogP) is 2.13. The van der Waals surface area contributed by atoms with E-state index in [4.69, 9.17) is 0 Å². The van der Waals surface area contributed by atoms with E-state index in [1.807, 2.05) is 20.8 Å². The molecular formula is C19H24N6O2S. The highest BCUT2D eigenvalue weighted by atomic mass is 32.1. The molecule has 9 heteroatoms. The second-order valence-electron chi connectivity index (χ2n) is 7.23. The van der Waals surface area contributed by atoms with E-state index in [0.29, 0.717) is 30.2 Å². The molecule has 1 aliphatic rings. The number of fused-ring (bicyclic) bond motifs is 2. The van der Waals surface area contributed by atoms with Crippen LogP contribution in [0.25, 0.3) is 10.2 Å². The van der Waals surface area contributed by atoms with Crippen LogP contribution in [0.4, 0.5) is 0 Å². The molecule has 1 aliphatic heterocycles. The number of hydrogen-bond acceptors (Lipinski definition) is 6. The Balaban J connectivity index is 1.40. The molecule has 4 rings (SSSR count). The largest absolute Gasteiger partial charge is 0.351 e. The molecule has 1 amide bonds. The summed E-state index contributed by atoms with van der Waals surface area (Å²) >= 11 is 1.40. The zero-order valence-electron chi connectivity index (χ0n) is 16.4. The molecule has 3 aromatic heterocycles. The minimum Gasteiger partial charge on any atom is -0.351 e. The molecule has 0 aliphatic carbocycles. The maximum atomic E-state index is 12.6. The molecule has 0 saturated heterocycles. The van der Waals surface area contributed by atoms with Crippen molar-refractivity contribution in [1.82, 2.24) is 29.6 Å². The third-order valence-corrected chi connectivity index (χ3v) is 6.34. The van der Waals surface area contributed by atoms with Crippen LogP contribution in [0.1, 0.15) is 51.8 Å². The molecule has 148 valence electrons. The second kappa shape index (κ2) is 7.46. The zero-order valence-corrected chi connectivity index (χ0v) is 17.2. The number of thiophene rings is 1. The smallest absolute Gasteiger partial charge is 0.345 e. The van der Waals surface area contributed by atoms with Gasteiger partial charge in [-0.25, -0.2) is 19.4 Å². The quantitative estimate of drug-likeness (QED) is 0.662. The van der Waals surface area contributed by atoms with E-state index in [1.54, 1.807) is 4.57 Å². The van der Waals surface area contributed by atoms with E-state index < -0.39 is 0 Å². The van der Waals surface area contributed by atoms with Crippen molar-refractivity contribution in [2.75, 3.05) is 6.54 Å². The molecule has 1 N–H and O–H groups in total. The minimum absolute atomic E-state index is 0.0363. The summed E-state index contributed by atoms with van der Waals surface area (Å²) in [6.07, 6.45) is 3.65. The van der Waals surface area contributed by atoms with Gasteiger partial charge in [0.15, 0.2) is 0 Å². The van der Waals surface area contributed by atoms with E-state index in [1.165, 1.54) is 16.0 Å². The molecule has 8 nitrogen and oxygen atoms in total. The highest BCUT2D eigenvalue weighted by molar-refractivity contribution is 7.20. The van der Waals surface area contributed by atoms with Crippen LogP contribution in [-0.2, 0) is 19.5 Å². The highest BCUT2D eigenvalue weighted by Gasteiger charge is 2.19. The van der Waals surface area contributed by atoms with Crippen LogP contribution in [0.15, 0.2) is 4.79 Å². The number of nitrogens with zero attached hydrogens (tertiary/aromatic N) is 5. The topological polar surface area (TPSA) is 94.7 Å². The first kappa shape index (κ1) is 18.8. The number of rotatable bonds is 5. The van der Waals surface area contributed by atoms with E-state index in [-0.39, 0.29) is 11.6 Å². The van der Waals surface area contributed by atoms with Gasteiger partial charge < -0.3 is 5.32 Å². The standard InChI is InChI=1S/C19H24N6O2S/c1-11-15-12(2)21-13(3)22-18(15)28-16(11)17(26)20-8-6-10-25-19(27)24-9-5-4-7-14(24)23-25/h4-10H2,1-3H3,(H,20,26). The fraction of sp³-hybridized carbons (Fsp3) is 0.526. The van der Waals surface area contributed by atoms with Gasteiger partial charge in [0.1, 0.15) is 16.5 Å². The summed E-state index contributed by atoms with van der Waals surface area (Å²) < 4.78 is 3.30. The maximum Gasteiger partial charge on any atom is 0.345 e. The van der Waals surface area contributed by atoms with Crippen LogP contribution in [0.2, 0.25) is 0 Å². The summed E-state index contributed by atoms with van der Waals surface area (Å²) in [6.45, 7) is 7.50. The van der Waals surface area contributed by atoms with Crippen LogP contribution in [0.5, 0.6) is 0 Å². The Hall–Kier alpha value is -2.55.